The fraction of sp³-hybridized carbons (Fsp3) is 0.944. The van der Waals surface area contributed by atoms with Crippen LogP contribution in [0.3, 0.4) is 0 Å². The van der Waals surface area contributed by atoms with Crippen LogP contribution in [0.15, 0.2) is 0 Å². The summed E-state index contributed by atoms with van der Waals surface area (Å²) in [6.45, 7) is 10.1. The molecule has 0 unspecified atom stereocenters. The van der Waals surface area contributed by atoms with Crippen molar-refractivity contribution in [1.82, 2.24) is 4.90 Å². The van der Waals surface area contributed by atoms with Crippen LogP contribution in [0.2, 0.25) is 0 Å². The first-order valence-corrected chi connectivity index (χ1v) is 8.63. The molecule has 4 atom stereocenters. The summed E-state index contributed by atoms with van der Waals surface area (Å²) in [5.74, 6) is 0.631. The molecule has 0 spiro atoms. The number of rotatable bonds is 5. The number of quaternary nitrogens is 1. The monoisotopic (exact) mass is 311 g/mol. The first kappa shape index (κ1) is 17.7. The molecule has 0 radical (unpaired) electrons. The number of hydrogen-bond acceptors (Lipinski definition) is 3. The number of esters is 1. The molecule has 2 bridgehead atoms. The van der Waals surface area contributed by atoms with Crippen molar-refractivity contribution in [3.63, 3.8) is 0 Å². The zero-order chi connectivity index (χ0) is 16.9. The Hall–Kier alpha value is -0.610. The number of likely N-dealkylation sites (N-methyl/N-ethyl adjacent to an activating group) is 2. The van der Waals surface area contributed by atoms with Gasteiger partial charge in [0.15, 0.2) is 6.54 Å². The van der Waals surface area contributed by atoms with Crippen LogP contribution in [0.1, 0.15) is 40.5 Å². The van der Waals surface area contributed by atoms with Gasteiger partial charge in [0.05, 0.1) is 26.7 Å². The standard InChI is InChI=1S/C18H35N2O2/c1-9-22-14(21)12-20(7,8)16-15(19(5)6)13-10-11-18(16,4)17(13,2)3/h13,15-16H,9-12H2,1-8H3/q+1/t13-,15+,16+,18-/m1/s1. The summed E-state index contributed by atoms with van der Waals surface area (Å²) in [5, 5.41) is 0. The van der Waals surface area contributed by atoms with Gasteiger partial charge in [-0.25, -0.2) is 4.79 Å². The Morgan fingerprint density at radius 1 is 1.27 bits per heavy atom. The molecule has 2 saturated carbocycles. The molecule has 0 aromatic rings. The van der Waals surface area contributed by atoms with Crippen molar-refractivity contribution in [2.24, 2.45) is 16.7 Å². The Labute approximate surface area is 136 Å². The van der Waals surface area contributed by atoms with E-state index in [2.05, 4.69) is 53.9 Å². The lowest BCUT2D eigenvalue weighted by Gasteiger charge is -2.50. The van der Waals surface area contributed by atoms with Gasteiger partial charge < -0.3 is 14.1 Å². The summed E-state index contributed by atoms with van der Waals surface area (Å²) in [6.07, 6.45) is 2.58. The van der Waals surface area contributed by atoms with E-state index in [-0.39, 0.29) is 11.4 Å². The van der Waals surface area contributed by atoms with E-state index in [0.717, 1.165) is 4.48 Å². The minimum Gasteiger partial charge on any atom is -0.462 e. The van der Waals surface area contributed by atoms with E-state index < -0.39 is 0 Å². The predicted molar refractivity (Wildman–Crippen MR) is 89.5 cm³/mol. The van der Waals surface area contributed by atoms with Crippen molar-refractivity contribution in [3.05, 3.63) is 0 Å². The molecule has 4 nitrogen and oxygen atoms in total. The van der Waals surface area contributed by atoms with Crippen LogP contribution in [0.25, 0.3) is 0 Å². The Bertz CT molecular complexity index is 444. The first-order chi connectivity index (χ1) is 9.99. The summed E-state index contributed by atoms with van der Waals surface area (Å²) < 4.78 is 5.95. The van der Waals surface area contributed by atoms with E-state index in [1.807, 2.05) is 6.92 Å². The van der Waals surface area contributed by atoms with Crippen molar-refractivity contribution in [1.29, 1.82) is 0 Å². The minimum absolute atomic E-state index is 0.0748. The molecule has 4 heteroatoms. The summed E-state index contributed by atoms with van der Waals surface area (Å²) in [7, 11) is 8.81. The molecule has 0 aromatic heterocycles. The van der Waals surface area contributed by atoms with Crippen LogP contribution in [0, 0.1) is 16.7 Å². The molecule has 0 aliphatic heterocycles. The van der Waals surface area contributed by atoms with Gasteiger partial charge in [-0.2, -0.15) is 0 Å². The second-order valence-electron chi connectivity index (χ2n) is 8.93. The van der Waals surface area contributed by atoms with Gasteiger partial charge in [0.25, 0.3) is 0 Å². The van der Waals surface area contributed by atoms with Gasteiger partial charge in [0.2, 0.25) is 0 Å². The van der Waals surface area contributed by atoms with Crippen molar-refractivity contribution >= 4 is 5.97 Å². The van der Waals surface area contributed by atoms with Crippen LogP contribution in [0.5, 0.6) is 0 Å². The lowest BCUT2D eigenvalue weighted by atomic mass is 9.68. The number of carbonyl (C=O) groups is 1. The average Bonchev–Trinajstić information content (AvgIpc) is 2.68. The Kier molecular flexibility index (Phi) is 4.42. The van der Waals surface area contributed by atoms with Crippen LogP contribution in [0.4, 0.5) is 0 Å². The molecule has 0 amide bonds. The van der Waals surface area contributed by atoms with Gasteiger partial charge in [-0.15, -0.1) is 0 Å². The average molecular weight is 311 g/mol. The van der Waals surface area contributed by atoms with Crippen LogP contribution in [-0.4, -0.2) is 68.8 Å². The number of carbonyl (C=O) groups excluding carboxylic acids is 1. The fourth-order valence-corrected chi connectivity index (χ4v) is 5.75. The number of fused-ring (bicyclic) bond motifs is 2. The fourth-order valence-electron chi connectivity index (χ4n) is 5.75. The molecule has 0 saturated heterocycles. The van der Waals surface area contributed by atoms with E-state index in [1.165, 1.54) is 12.8 Å². The van der Waals surface area contributed by atoms with Crippen molar-refractivity contribution < 1.29 is 14.0 Å². The number of nitrogens with zero attached hydrogens (tertiary/aromatic N) is 2. The summed E-state index contributed by atoms with van der Waals surface area (Å²) in [6, 6.07) is 0.985. The van der Waals surface area contributed by atoms with Crippen molar-refractivity contribution in [2.45, 2.75) is 52.6 Å². The summed E-state index contributed by atoms with van der Waals surface area (Å²) in [5.41, 5.74) is 0.583. The largest absolute Gasteiger partial charge is 0.462 e. The highest BCUT2D eigenvalue weighted by molar-refractivity contribution is 5.70. The molecule has 0 heterocycles. The normalized spacial score (nSPS) is 36.9. The molecule has 2 aliphatic carbocycles. The zero-order valence-electron chi connectivity index (χ0n) is 15.8. The highest BCUT2D eigenvalue weighted by atomic mass is 16.5. The maximum Gasteiger partial charge on any atom is 0.361 e. The van der Waals surface area contributed by atoms with Crippen molar-refractivity contribution in [2.75, 3.05) is 41.3 Å². The minimum atomic E-state index is -0.0748. The van der Waals surface area contributed by atoms with Crippen LogP contribution in [-0.2, 0) is 9.53 Å². The Morgan fingerprint density at radius 2 is 1.86 bits per heavy atom. The quantitative estimate of drug-likeness (QED) is 0.577. The maximum atomic E-state index is 12.1. The maximum absolute atomic E-state index is 12.1. The van der Waals surface area contributed by atoms with Gasteiger partial charge in [-0.3, -0.25) is 0 Å². The van der Waals surface area contributed by atoms with Gasteiger partial charge in [-0.05, 0) is 45.2 Å². The third-order valence-electron chi connectivity index (χ3n) is 6.95. The topological polar surface area (TPSA) is 29.5 Å². The third-order valence-corrected chi connectivity index (χ3v) is 6.95. The van der Waals surface area contributed by atoms with E-state index in [1.54, 1.807) is 0 Å². The molecule has 0 aromatic carbocycles. The molecule has 128 valence electrons. The predicted octanol–water partition coefficient (Wildman–Crippen LogP) is 2.38. The van der Waals surface area contributed by atoms with Crippen LogP contribution < -0.4 is 0 Å². The zero-order valence-corrected chi connectivity index (χ0v) is 15.8. The second-order valence-corrected chi connectivity index (χ2v) is 8.93. The van der Waals surface area contributed by atoms with Crippen molar-refractivity contribution in [3.8, 4) is 0 Å². The number of ether oxygens (including phenoxy) is 1. The lowest BCUT2D eigenvalue weighted by molar-refractivity contribution is -0.917. The molecule has 2 aliphatic rings. The molecule has 2 fully saturated rings. The Balaban J connectivity index is 2.36. The van der Waals surface area contributed by atoms with Gasteiger partial charge in [-0.1, -0.05) is 20.8 Å². The van der Waals surface area contributed by atoms with Crippen LogP contribution >= 0.6 is 0 Å². The van der Waals surface area contributed by atoms with Gasteiger partial charge in [0.1, 0.15) is 6.04 Å². The molecular weight excluding hydrogens is 276 g/mol. The van der Waals surface area contributed by atoms with E-state index >= 15 is 0 Å². The Morgan fingerprint density at radius 3 is 2.36 bits per heavy atom. The van der Waals surface area contributed by atoms with E-state index in [9.17, 15) is 4.79 Å². The highest BCUT2D eigenvalue weighted by Crippen LogP contribution is 2.67. The van der Waals surface area contributed by atoms with Gasteiger partial charge in [0, 0.05) is 5.41 Å². The SMILES string of the molecule is CCOC(=O)C[N+](C)(C)[C@H]1[C@@H](N(C)C)[C@H]2CC[C@@]1(C)C2(C)C. The summed E-state index contributed by atoms with van der Waals surface area (Å²) in [4.78, 5) is 14.5. The third kappa shape index (κ3) is 2.39. The molecule has 22 heavy (non-hydrogen) atoms. The molecule has 2 rings (SSSR count). The van der Waals surface area contributed by atoms with Gasteiger partial charge >= 0.3 is 5.97 Å². The second kappa shape index (κ2) is 5.48. The first-order valence-electron chi connectivity index (χ1n) is 8.63. The van der Waals surface area contributed by atoms with E-state index in [4.69, 9.17) is 4.74 Å². The highest BCUT2D eigenvalue weighted by Gasteiger charge is 2.71. The lowest BCUT2D eigenvalue weighted by Crippen LogP contribution is -2.64. The summed E-state index contributed by atoms with van der Waals surface area (Å²) >= 11 is 0. The molecule has 0 N–H and O–H groups in total. The molecular formula is C18H35N2O2+. The smallest absolute Gasteiger partial charge is 0.361 e. The number of hydrogen-bond donors (Lipinski definition) is 0. The van der Waals surface area contributed by atoms with E-state index in [0.29, 0.717) is 36.6 Å².